The molecule has 0 aromatic heterocycles. The Bertz CT molecular complexity index is 1680. The Morgan fingerprint density at radius 1 is 0.780 bits per heavy atom. The second-order valence-corrected chi connectivity index (χ2v) is 13.5. The van der Waals surface area contributed by atoms with Crippen LogP contribution in [-0.4, -0.2) is 47.5 Å². The van der Waals surface area contributed by atoms with Crippen LogP contribution >= 0.6 is 0 Å². The van der Waals surface area contributed by atoms with E-state index < -0.39 is 40.7 Å². The predicted molar refractivity (Wildman–Crippen MR) is 178 cm³/mol. The number of benzene rings is 4. The SMILES string of the molecule is C[C@@H](OC[C@@]1(c2ccccc2)CC[C@]2(CN(Cc3ccccc3)Cc3ccccc3)CN1CC(=O)N2)c1cc(C(F)(F)F)cc(C(F)(F)F)c1. The summed E-state index contributed by atoms with van der Waals surface area (Å²) >= 11 is 0. The molecule has 6 rings (SSSR count). The lowest BCUT2D eigenvalue weighted by atomic mass is 9.73. The van der Waals surface area contributed by atoms with Gasteiger partial charge in [-0.05, 0) is 60.2 Å². The molecule has 50 heavy (non-hydrogen) atoms. The number of alkyl halides is 6. The largest absolute Gasteiger partial charge is 0.416 e. The highest BCUT2D eigenvalue weighted by atomic mass is 19.4. The fourth-order valence-electron chi connectivity index (χ4n) is 7.36. The number of nitrogens with zero attached hydrogens (tertiary/aromatic N) is 2. The van der Waals surface area contributed by atoms with Crippen molar-refractivity contribution in [2.24, 2.45) is 0 Å². The van der Waals surface area contributed by atoms with Crippen LogP contribution in [0.3, 0.4) is 0 Å². The summed E-state index contributed by atoms with van der Waals surface area (Å²) in [5.41, 5.74) is -1.32. The summed E-state index contributed by atoms with van der Waals surface area (Å²) in [6, 6.07) is 31.2. The summed E-state index contributed by atoms with van der Waals surface area (Å²) in [5, 5.41) is 3.31. The molecular formula is C39H39F6N3O2. The van der Waals surface area contributed by atoms with E-state index in [1.807, 2.05) is 66.7 Å². The summed E-state index contributed by atoms with van der Waals surface area (Å²) in [6.45, 7) is 3.84. The molecule has 2 fully saturated rings. The molecule has 264 valence electrons. The van der Waals surface area contributed by atoms with Crippen LogP contribution in [0.5, 0.6) is 0 Å². The summed E-state index contributed by atoms with van der Waals surface area (Å²) in [4.78, 5) is 17.9. The standard InChI is InChI=1S/C39H39F6N3O2/c1-28(31-19-33(38(40,41)42)21-34(20-31)39(43,44)45)50-27-37(32-15-9-4-10-16-32)18-17-36(26-48(37)24-35(49)46-36)25-47(22-29-11-5-2-6-12-29)23-30-13-7-3-8-14-30/h2-16,19-21,28H,17-18,22-27H2,1H3,(H,46,49)/t28-,36+,37-/m1/s1. The highest BCUT2D eigenvalue weighted by Gasteiger charge is 2.53. The van der Waals surface area contributed by atoms with Crippen LogP contribution in [0.25, 0.3) is 0 Å². The summed E-state index contributed by atoms with van der Waals surface area (Å²) < 4.78 is 88.1. The number of fused-ring (bicyclic) bond motifs is 2. The first-order chi connectivity index (χ1) is 23.7. The number of rotatable bonds is 11. The van der Waals surface area contributed by atoms with Crippen molar-refractivity contribution in [1.82, 2.24) is 15.1 Å². The molecule has 2 aliphatic rings. The molecule has 0 radical (unpaired) electrons. The second-order valence-electron chi connectivity index (χ2n) is 13.5. The molecule has 0 aliphatic carbocycles. The number of hydrogen-bond acceptors (Lipinski definition) is 4. The van der Waals surface area contributed by atoms with Gasteiger partial charge >= 0.3 is 12.4 Å². The van der Waals surface area contributed by atoms with Gasteiger partial charge in [-0.2, -0.15) is 26.3 Å². The lowest BCUT2D eigenvalue weighted by molar-refractivity contribution is -0.145. The third-order valence-corrected chi connectivity index (χ3v) is 9.84. The average molecular weight is 696 g/mol. The monoisotopic (exact) mass is 695 g/mol. The Labute approximate surface area is 287 Å². The molecule has 1 N–H and O–H groups in total. The van der Waals surface area contributed by atoms with Gasteiger partial charge in [0.1, 0.15) is 0 Å². The van der Waals surface area contributed by atoms with E-state index in [4.69, 9.17) is 4.74 Å². The summed E-state index contributed by atoms with van der Waals surface area (Å²) in [5.74, 6) is -0.156. The van der Waals surface area contributed by atoms with E-state index in [1.165, 1.54) is 6.92 Å². The van der Waals surface area contributed by atoms with E-state index in [2.05, 4.69) is 39.4 Å². The maximum atomic E-state index is 13.6. The average Bonchev–Trinajstić information content (AvgIpc) is 3.08. The zero-order chi connectivity index (χ0) is 35.6. The first kappa shape index (κ1) is 35.6. The van der Waals surface area contributed by atoms with Gasteiger partial charge in [0.2, 0.25) is 5.91 Å². The van der Waals surface area contributed by atoms with Crippen molar-refractivity contribution in [3.63, 3.8) is 0 Å². The van der Waals surface area contributed by atoms with Crippen molar-refractivity contribution < 1.29 is 35.9 Å². The highest BCUT2D eigenvalue weighted by Crippen LogP contribution is 2.45. The Morgan fingerprint density at radius 3 is 1.82 bits per heavy atom. The van der Waals surface area contributed by atoms with Crippen LogP contribution in [0.4, 0.5) is 26.3 Å². The van der Waals surface area contributed by atoms with Crippen molar-refractivity contribution in [1.29, 1.82) is 0 Å². The number of hydrogen-bond donors (Lipinski definition) is 1. The van der Waals surface area contributed by atoms with E-state index in [0.717, 1.165) is 16.7 Å². The first-order valence-electron chi connectivity index (χ1n) is 16.6. The topological polar surface area (TPSA) is 44.8 Å². The van der Waals surface area contributed by atoms with Gasteiger partial charge < -0.3 is 10.1 Å². The van der Waals surface area contributed by atoms with Crippen molar-refractivity contribution >= 4 is 5.91 Å². The van der Waals surface area contributed by atoms with E-state index in [0.29, 0.717) is 51.2 Å². The Hall–Kier alpha value is -4.19. The smallest absolute Gasteiger partial charge is 0.372 e. The number of nitrogens with one attached hydrogen (secondary N) is 1. The number of carbonyl (C=O) groups excluding carboxylic acids is 1. The van der Waals surface area contributed by atoms with Crippen molar-refractivity contribution in [3.05, 3.63) is 143 Å². The molecule has 2 aliphatic heterocycles. The molecule has 4 atom stereocenters. The van der Waals surface area contributed by atoms with Crippen LogP contribution in [-0.2, 0) is 40.5 Å². The number of piperazine rings is 1. The molecular weight excluding hydrogens is 656 g/mol. The van der Waals surface area contributed by atoms with Crippen LogP contribution in [0, 0.1) is 0 Å². The Morgan fingerprint density at radius 2 is 1.30 bits per heavy atom. The molecule has 2 heterocycles. The summed E-state index contributed by atoms with van der Waals surface area (Å²) in [7, 11) is 0. The van der Waals surface area contributed by atoms with Crippen molar-refractivity contribution in [3.8, 4) is 0 Å². The van der Waals surface area contributed by atoms with Crippen LogP contribution in [0.15, 0.2) is 109 Å². The quantitative estimate of drug-likeness (QED) is 0.160. The Kier molecular flexibility index (Phi) is 10.1. The van der Waals surface area contributed by atoms with Gasteiger partial charge in [0.15, 0.2) is 0 Å². The number of carbonyl (C=O) groups is 1. The predicted octanol–water partition coefficient (Wildman–Crippen LogP) is 8.36. The second kappa shape index (κ2) is 14.2. The lowest BCUT2D eigenvalue weighted by Crippen LogP contribution is -2.74. The molecule has 2 bridgehead atoms. The zero-order valence-corrected chi connectivity index (χ0v) is 27.6. The molecule has 5 nitrogen and oxygen atoms in total. The van der Waals surface area contributed by atoms with Gasteiger partial charge in [0.25, 0.3) is 0 Å². The normalized spacial score (nSPS) is 23.0. The van der Waals surface area contributed by atoms with Crippen molar-refractivity contribution in [2.75, 3.05) is 26.2 Å². The van der Waals surface area contributed by atoms with E-state index in [-0.39, 0.29) is 30.7 Å². The Balaban J connectivity index is 1.29. The molecule has 2 saturated heterocycles. The first-order valence-corrected chi connectivity index (χ1v) is 16.6. The minimum atomic E-state index is -4.97. The molecule has 1 unspecified atom stereocenters. The van der Waals surface area contributed by atoms with E-state index in [9.17, 15) is 31.1 Å². The maximum absolute atomic E-state index is 13.6. The maximum Gasteiger partial charge on any atom is 0.416 e. The van der Waals surface area contributed by atoms with Crippen LogP contribution in [0.2, 0.25) is 0 Å². The minimum absolute atomic E-state index is 0.0448. The number of ether oxygens (including phenoxy) is 1. The fraction of sp³-hybridized carbons (Fsp3) is 0.359. The van der Waals surface area contributed by atoms with Crippen molar-refractivity contribution in [2.45, 2.75) is 62.4 Å². The number of halogens is 6. The molecule has 4 aromatic carbocycles. The van der Waals surface area contributed by atoms with E-state index in [1.54, 1.807) is 0 Å². The fourth-order valence-corrected chi connectivity index (χ4v) is 7.36. The van der Waals surface area contributed by atoms with Gasteiger partial charge in [-0.3, -0.25) is 14.6 Å². The molecule has 4 aromatic rings. The molecule has 11 heteroatoms. The van der Waals surface area contributed by atoms with Gasteiger partial charge in [-0.15, -0.1) is 0 Å². The minimum Gasteiger partial charge on any atom is -0.372 e. The third kappa shape index (κ3) is 8.06. The van der Waals surface area contributed by atoms with Gasteiger partial charge in [-0.1, -0.05) is 91.0 Å². The lowest BCUT2D eigenvalue weighted by Gasteiger charge is -2.58. The summed E-state index contributed by atoms with van der Waals surface area (Å²) in [6.07, 6.45) is -9.93. The van der Waals surface area contributed by atoms with Crippen LogP contribution in [0.1, 0.15) is 59.3 Å². The zero-order valence-electron chi connectivity index (χ0n) is 27.6. The number of piperidine rings is 1. The van der Waals surface area contributed by atoms with Gasteiger partial charge in [0, 0.05) is 26.2 Å². The third-order valence-electron chi connectivity index (χ3n) is 9.84. The number of amides is 1. The van der Waals surface area contributed by atoms with Gasteiger partial charge in [-0.25, -0.2) is 0 Å². The molecule has 0 spiro atoms. The highest BCUT2D eigenvalue weighted by molar-refractivity contribution is 5.80. The molecule has 0 saturated carbocycles. The van der Waals surface area contributed by atoms with E-state index >= 15 is 0 Å². The molecule has 1 amide bonds. The van der Waals surface area contributed by atoms with Gasteiger partial charge in [0.05, 0.1) is 41.5 Å². The van der Waals surface area contributed by atoms with Crippen LogP contribution < -0.4 is 5.32 Å².